The number of nitrogen functional groups attached to an aromatic ring is 1. The van der Waals surface area contributed by atoms with Crippen LogP contribution in [0.5, 0.6) is 0 Å². The Morgan fingerprint density at radius 3 is 2.54 bits per heavy atom. The van der Waals surface area contributed by atoms with E-state index in [0.29, 0.717) is 0 Å². The van der Waals surface area contributed by atoms with Gasteiger partial charge in [-0.25, -0.2) is 9.97 Å². The molecule has 4 N–H and O–H groups in total. The number of rotatable bonds is 4. The molecule has 5 nitrogen and oxygen atoms in total. The van der Waals surface area contributed by atoms with Crippen molar-refractivity contribution in [2.45, 2.75) is 6.54 Å². The Morgan fingerprint density at radius 1 is 0.958 bits per heavy atom. The lowest BCUT2D eigenvalue weighted by molar-refractivity contribution is 1.10. The first-order valence-corrected chi connectivity index (χ1v) is 7.77. The normalized spacial score (nSPS) is 10.8. The first kappa shape index (κ1) is 14.3. The Labute approximate surface area is 139 Å². The van der Waals surface area contributed by atoms with E-state index in [0.717, 1.165) is 40.3 Å². The molecular weight excluding hydrogens is 298 g/mol. The summed E-state index contributed by atoms with van der Waals surface area (Å²) in [4.78, 5) is 12.0. The fourth-order valence-electron chi connectivity index (χ4n) is 2.68. The van der Waals surface area contributed by atoms with Crippen LogP contribution in [0.15, 0.2) is 67.0 Å². The van der Waals surface area contributed by atoms with Gasteiger partial charge in [0.15, 0.2) is 0 Å². The molecule has 2 aromatic carbocycles. The molecule has 0 radical (unpaired) electrons. The van der Waals surface area contributed by atoms with Gasteiger partial charge in [0, 0.05) is 17.9 Å². The van der Waals surface area contributed by atoms with E-state index in [1.165, 1.54) is 5.56 Å². The summed E-state index contributed by atoms with van der Waals surface area (Å²) in [6.45, 7) is 0.718. The van der Waals surface area contributed by atoms with Gasteiger partial charge in [-0.1, -0.05) is 42.5 Å². The zero-order chi connectivity index (χ0) is 16.4. The lowest BCUT2D eigenvalue weighted by Gasteiger charge is -2.06. The number of fused-ring (bicyclic) bond motifs is 1. The van der Waals surface area contributed by atoms with Crippen molar-refractivity contribution in [3.8, 4) is 11.3 Å². The van der Waals surface area contributed by atoms with Gasteiger partial charge in [-0.05, 0) is 29.3 Å². The highest BCUT2D eigenvalue weighted by Gasteiger charge is 2.09. The summed E-state index contributed by atoms with van der Waals surface area (Å²) < 4.78 is 0. The molecule has 0 aliphatic rings. The summed E-state index contributed by atoms with van der Waals surface area (Å²) in [6.07, 6.45) is 1.57. The maximum Gasteiger partial charge on any atom is 0.143 e. The van der Waals surface area contributed by atoms with Crippen molar-refractivity contribution in [3.63, 3.8) is 0 Å². The van der Waals surface area contributed by atoms with Gasteiger partial charge < -0.3 is 16.0 Å². The zero-order valence-corrected chi connectivity index (χ0v) is 13.0. The Bertz CT molecular complexity index is 958. The van der Waals surface area contributed by atoms with E-state index in [-0.39, 0.29) is 0 Å². The van der Waals surface area contributed by atoms with Crippen LogP contribution in [0.3, 0.4) is 0 Å². The fraction of sp³-hybridized carbons (Fsp3) is 0.0526. The van der Waals surface area contributed by atoms with Gasteiger partial charge in [0.05, 0.1) is 5.39 Å². The minimum Gasteiger partial charge on any atom is -0.399 e. The standard InChI is InChI=1S/C19H17N5/c20-15-8-6-14(7-9-15)17-10-16-18(22-12-23-19(16)24-17)21-11-13-4-2-1-3-5-13/h1-10,12H,11,20H2,(H2,21,22,23,24). The molecule has 4 rings (SSSR count). The minimum atomic E-state index is 0.718. The van der Waals surface area contributed by atoms with Gasteiger partial charge in [-0.15, -0.1) is 0 Å². The SMILES string of the molecule is Nc1ccc(-c2cc3c(NCc4ccccc4)ncnc3[nH]2)cc1. The fourth-order valence-corrected chi connectivity index (χ4v) is 2.68. The van der Waals surface area contributed by atoms with Gasteiger partial charge in [0.2, 0.25) is 0 Å². The second kappa shape index (κ2) is 6.04. The second-order valence-corrected chi connectivity index (χ2v) is 5.63. The number of H-pyrrole nitrogens is 1. The Morgan fingerprint density at radius 2 is 1.75 bits per heavy atom. The van der Waals surface area contributed by atoms with Crippen molar-refractivity contribution >= 4 is 22.5 Å². The molecule has 0 spiro atoms. The molecule has 0 unspecified atom stereocenters. The molecule has 0 aliphatic heterocycles. The third kappa shape index (κ3) is 2.79. The second-order valence-electron chi connectivity index (χ2n) is 5.63. The van der Waals surface area contributed by atoms with Crippen molar-refractivity contribution < 1.29 is 0 Å². The molecule has 2 aromatic heterocycles. The summed E-state index contributed by atoms with van der Waals surface area (Å²) in [6, 6.07) is 20.1. The number of aromatic nitrogens is 3. The predicted octanol–water partition coefficient (Wildman–Crippen LogP) is 3.82. The van der Waals surface area contributed by atoms with Crippen LogP contribution in [0.25, 0.3) is 22.3 Å². The topological polar surface area (TPSA) is 79.6 Å². The Kier molecular flexibility index (Phi) is 3.59. The van der Waals surface area contributed by atoms with Crippen molar-refractivity contribution in [2.75, 3.05) is 11.1 Å². The van der Waals surface area contributed by atoms with E-state index in [1.54, 1.807) is 6.33 Å². The molecule has 0 aliphatic carbocycles. The first-order valence-electron chi connectivity index (χ1n) is 7.77. The van der Waals surface area contributed by atoms with Crippen LogP contribution >= 0.6 is 0 Å². The molecule has 0 fully saturated rings. The van der Waals surface area contributed by atoms with E-state index >= 15 is 0 Å². The highest BCUT2D eigenvalue weighted by Crippen LogP contribution is 2.27. The molecule has 24 heavy (non-hydrogen) atoms. The van der Waals surface area contributed by atoms with Crippen LogP contribution in [0, 0.1) is 0 Å². The van der Waals surface area contributed by atoms with Crippen LogP contribution in [-0.4, -0.2) is 15.0 Å². The molecule has 0 atom stereocenters. The highest BCUT2D eigenvalue weighted by atomic mass is 15.0. The molecule has 4 aromatic rings. The van der Waals surface area contributed by atoms with Gasteiger partial charge >= 0.3 is 0 Å². The van der Waals surface area contributed by atoms with Crippen LogP contribution in [0.1, 0.15) is 5.56 Å². The number of hydrogen-bond donors (Lipinski definition) is 3. The van der Waals surface area contributed by atoms with Crippen molar-refractivity contribution in [3.05, 3.63) is 72.6 Å². The van der Waals surface area contributed by atoms with E-state index in [9.17, 15) is 0 Å². The molecule has 2 heterocycles. The zero-order valence-electron chi connectivity index (χ0n) is 13.0. The average Bonchev–Trinajstić information content (AvgIpc) is 3.06. The molecule has 118 valence electrons. The van der Waals surface area contributed by atoms with E-state index in [2.05, 4.69) is 38.5 Å². The summed E-state index contributed by atoms with van der Waals surface area (Å²) in [5.41, 5.74) is 10.6. The predicted molar refractivity (Wildman–Crippen MR) is 97.5 cm³/mol. The molecule has 0 bridgehead atoms. The summed E-state index contributed by atoms with van der Waals surface area (Å²) in [7, 11) is 0. The van der Waals surface area contributed by atoms with E-state index in [4.69, 9.17) is 5.73 Å². The van der Waals surface area contributed by atoms with Gasteiger partial charge in [0.25, 0.3) is 0 Å². The van der Waals surface area contributed by atoms with Crippen molar-refractivity contribution in [1.29, 1.82) is 0 Å². The highest BCUT2D eigenvalue weighted by molar-refractivity contribution is 5.91. The maximum atomic E-state index is 5.76. The number of nitrogens with one attached hydrogen (secondary N) is 2. The van der Waals surface area contributed by atoms with Gasteiger partial charge in [-0.3, -0.25) is 0 Å². The number of hydrogen-bond acceptors (Lipinski definition) is 4. The van der Waals surface area contributed by atoms with E-state index in [1.807, 2.05) is 42.5 Å². The summed E-state index contributed by atoms with van der Waals surface area (Å²) in [5, 5.41) is 4.36. The number of anilines is 2. The lowest BCUT2D eigenvalue weighted by atomic mass is 10.1. The van der Waals surface area contributed by atoms with Crippen LogP contribution in [-0.2, 0) is 6.54 Å². The van der Waals surface area contributed by atoms with Gasteiger partial charge in [0.1, 0.15) is 17.8 Å². The van der Waals surface area contributed by atoms with E-state index < -0.39 is 0 Å². The number of aromatic amines is 1. The maximum absolute atomic E-state index is 5.76. The van der Waals surface area contributed by atoms with Crippen LogP contribution in [0.4, 0.5) is 11.5 Å². The number of nitrogens with two attached hydrogens (primary N) is 1. The third-order valence-corrected chi connectivity index (χ3v) is 3.95. The van der Waals surface area contributed by atoms with Crippen LogP contribution < -0.4 is 11.1 Å². The van der Waals surface area contributed by atoms with Crippen molar-refractivity contribution in [2.24, 2.45) is 0 Å². The smallest absolute Gasteiger partial charge is 0.143 e. The lowest BCUT2D eigenvalue weighted by Crippen LogP contribution is -2.01. The molecule has 0 amide bonds. The summed E-state index contributed by atoms with van der Waals surface area (Å²) in [5.74, 6) is 0.821. The van der Waals surface area contributed by atoms with Gasteiger partial charge in [-0.2, -0.15) is 0 Å². The molecule has 0 saturated carbocycles. The molecule has 5 heteroatoms. The first-order chi connectivity index (χ1) is 11.8. The molecule has 0 saturated heterocycles. The number of benzene rings is 2. The van der Waals surface area contributed by atoms with Crippen LogP contribution in [0.2, 0.25) is 0 Å². The monoisotopic (exact) mass is 315 g/mol. The summed E-state index contributed by atoms with van der Waals surface area (Å²) >= 11 is 0. The number of nitrogens with zero attached hydrogens (tertiary/aromatic N) is 2. The largest absolute Gasteiger partial charge is 0.399 e. The molecular formula is C19H17N5. The Hall–Kier alpha value is -3.34. The minimum absolute atomic E-state index is 0.718. The van der Waals surface area contributed by atoms with Crippen molar-refractivity contribution in [1.82, 2.24) is 15.0 Å². The quantitative estimate of drug-likeness (QED) is 0.500. The Balaban J connectivity index is 1.66. The third-order valence-electron chi connectivity index (χ3n) is 3.95. The average molecular weight is 315 g/mol.